The summed E-state index contributed by atoms with van der Waals surface area (Å²) in [6.45, 7) is 0. The van der Waals surface area contributed by atoms with Crippen LogP contribution >= 0.6 is 0 Å². The average Bonchev–Trinajstić information content (AvgIpc) is 2.41. The molecule has 1 fully saturated rings. The van der Waals surface area contributed by atoms with E-state index < -0.39 is 9.84 Å². The highest BCUT2D eigenvalue weighted by Crippen LogP contribution is 2.31. The number of sulfone groups is 1. The molecule has 1 saturated carbocycles. The van der Waals surface area contributed by atoms with Gasteiger partial charge in [0.05, 0.1) is 11.9 Å². The van der Waals surface area contributed by atoms with Crippen LogP contribution in [0.15, 0.2) is 24.5 Å². The number of aromatic nitrogens is 1. The van der Waals surface area contributed by atoms with Crippen LogP contribution in [0.3, 0.4) is 0 Å². The van der Waals surface area contributed by atoms with Crippen LogP contribution in [0.2, 0.25) is 0 Å². The summed E-state index contributed by atoms with van der Waals surface area (Å²) in [6, 6.07) is 3.70. The van der Waals surface area contributed by atoms with Gasteiger partial charge in [-0.1, -0.05) is 0 Å². The summed E-state index contributed by atoms with van der Waals surface area (Å²) < 4.78 is 22.3. The van der Waals surface area contributed by atoms with Crippen molar-refractivity contribution in [2.24, 2.45) is 5.92 Å². The van der Waals surface area contributed by atoms with E-state index in [1.165, 1.54) is 0 Å². The zero-order valence-corrected chi connectivity index (χ0v) is 13.4. The summed E-state index contributed by atoms with van der Waals surface area (Å²) in [5, 5.41) is 12.4. The van der Waals surface area contributed by atoms with Crippen molar-refractivity contribution in [3.05, 3.63) is 30.1 Å². The zero-order valence-electron chi connectivity index (χ0n) is 12.6. The summed E-state index contributed by atoms with van der Waals surface area (Å²) in [4.78, 5) is 15.9. The summed E-state index contributed by atoms with van der Waals surface area (Å²) in [5.74, 6) is -0.176. The first-order chi connectivity index (χ1) is 10.3. The van der Waals surface area contributed by atoms with Gasteiger partial charge in [0.15, 0.2) is 0 Å². The molecule has 1 aromatic heterocycles. The van der Waals surface area contributed by atoms with Gasteiger partial charge in [0.25, 0.3) is 0 Å². The topological polar surface area (TPSA) is 96.4 Å². The fourth-order valence-electron chi connectivity index (χ4n) is 2.62. The number of carbonyl (C=O) groups is 1. The van der Waals surface area contributed by atoms with Gasteiger partial charge in [-0.2, -0.15) is 0 Å². The van der Waals surface area contributed by atoms with Crippen molar-refractivity contribution in [2.75, 3.05) is 12.0 Å². The predicted molar refractivity (Wildman–Crippen MR) is 82.9 cm³/mol. The molecule has 0 saturated heterocycles. The zero-order chi connectivity index (χ0) is 16.2. The van der Waals surface area contributed by atoms with Crippen LogP contribution in [0.25, 0.3) is 0 Å². The van der Waals surface area contributed by atoms with E-state index in [9.17, 15) is 18.3 Å². The van der Waals surface area contributed by atoms with Crippen molar-refractivity contribution >= 4 is 15.7 Å². The van der Waals surface area contributed by atoms with Gasteiger partial charge in [-0.15, -0.1) is 0 Å². The second-order valence-corrected chi connectivity index (χ2v) is 8.26. The molecule has 1 aromatic rings. The molecule has 1 aliphatic rings. The summed E-state index contributed by atoms with van der Waals surface area (Å²) in [5.41, 5.74) is 1.06. The average molecular weight is 326 g/mol. The molecule has 22 heavy (non-hydrogen) atoms. The molecular formula is C15H22N2O4S. The molecule has 6 nitrogen and oxygen atoms in total. The molecule has 1 amide bonds. The van der Waals surface area contributed by atoms with E-state index >= 15 is 0 Å². The molecule has 1 heterocycles. The largest absolute Gasteiger partial charge is 0.393 e. The van der Waals surface area contributed by atoms with Crippen molar-refractivity contribution in [1.29, 1.82) is 0 Å². The number of nitrogens with zero attached hydrogens (tertiary/aromatic N) is 1. The fraction of sp³-hybridized carbons (Fsp3) is 0.600. The lowest BCUT2D eigenvalue weighted by atomic mass is 9.75. The molecule has 1 unspecified atom stereocenters. The molecule has 7 heteroatoms. The first-order valence-electron chi connectivity index (χ1n) is 7.37. The van der Waals surface area contributed by atoms with Crippen LogP contribution in [-0.2, 0) is 21.1 Å². The normalized spacial score (nSPS) is 22.6. The van der Waals surface area contributed by atoms with Crippen molar-refractivity contribution in [2.45, 2.75) is 37.8 Å². The Bertz CT molecular complexity index is 597. The maximum atomic E-state index is 12.0. The lowest BCUT2D eigenvalue weighted by Crippen LogP contribution is -2.48. The second kappa shape index (κ2) is 7.19. The first-order valence-corrected chi connectivity index (χ1v) is 9.43. The Balaban J connectivity index is 1.94. The van der Waals surface area contributed by atoms with Crippen LogP contribution in [-0.4, -0.2) is 48.6 Å². The third-order valence-corrected chi connectivity index (χ3v) is 4.92. The van der Waals surface area contributed by atoms with Crippen LogP contribution < -0.4 is 5.32 Å². The summed E-state index contributed by atoms with van der Waals surface area (Å²) >= 11 is 0. The van der Waals surface area contributed by atoms with E-state index in [1.807, 2.05) is 12.1 Å². The number of hydrogen-bond donors (Lipinski definition) is 2. The van der Waals surface area contributed by atoms with E-state index in [0.29, 0.717) is 19.3 Å². The van der Waals surface area contributed by atoms with Gasteiger partial charge in [0, 0.05) is 31.1 Å². The third-order valence-electron chi connectivity index (χ3n) is 3.97. The van der Waals surface area contributed by atoms with Gasteiger partial charge in [0.1, 0.15) is 9.84 Å². The Kier molecular flexibility index (Phi) is 5.52. The smallest absolute Gasteiger partial charge is 0.221 e. The van der Waals surface area contributed by atoms with E-state index in [1.54, 1.807) is 12.4 Å². The highest BCUT2D eigenvalue weighted by Gasteiger charge is 2.34. The number of aliphatic hydroxyl groups is 1. The first kappa shape index (κ1) is 16.9. The van der Waals surface area contributed by atoms with Crippen molar-refractivity contribution in [3.63, 3.8) is 0 Å². The number of rotatable bonds is 7. The van der Waals surface area contributed by atoms with Gasteiger partial charge >= 0.3 is 0 Å². The minimum absolute atomic E-state index is 0.0268. The molecule has 0 aromatic carbocycles. The molecule has 122 valence electrons. The maximum absolute atomic E-state index is 12.0. The molecule has 1 atom stereocenters. The number of pyridine rings is 1. The van der Waals surface area contributed by atoms with Crippen molar-refractivity contribution < 1.29 is 18.3 Å². The Morgan fingerprint density at radius 1 is 1.41 bits per heavy atom. The molecule has 0 aliphatic heterocycles. The second-order valence-electron chi connectivity index (χ2n) is 6.00. The molecule has 2 rings (SSSR count). The molecule has 0 spiro atoms. The van der Waals surface area contributed by atoms with Crippen LogP contribution in [0, 0.1) is 5.92 Å². The fourth-order valence-corrected chi connectivity index (χ4v) is 3.18. The van der Waals surface area contributed by atoms with Crippen LogP contribution in [0.1, 0.15) is 24.8 Å². The van der Waals surface area contributed by atoms with Crippen LogP contribution in [0.4, 0.5) is 0 Å². The Morgan fingerprint density at radius 2 is 2.05 bits per heavy atom. The lowest BCUT2D eigenvalue weighted by Gasteiger charge is -2.38. The number of amides is 1. The van der Waals surface area contributed by atoms with Gasteiger partial charge in [-0.05, 0) is 42.9 Å². The highest BCUT2D eigenvalue weighted by atomic mass is 32.2. The lowest BCUT2D eigenvalue weighted by molar-refractivity contribution is -0.122. The van der Waals surface area contributed by atoms with Gasteiger partial charge in [0.2, 0.25) is 5.91 Å². The number of aliphatic hydroxyl groups excluding tert-OH is 1. The minimum atomic E-state index is -3.14. The highest BCUT2D eigenvalue weighted by molar-refractivity contribution is 7.90. The van der Waals surface area contributed by atoms with E-state index in [0.717, 1.165) is 11.8 Å². The Hall–Kier alpha value is -1.47. The molecule has 0 radical (unpaired) electrons. The monoisotopic (exact) mass is 326 g/mol. The molecule has 2 N–H and O–H groups in total. The van der Waals surface area contributed by atoms with Gasteiger partial charge < -0.3 is 10.4 Å². The summed E-state index contributed by atoms with van der Waals surface area (Å²) in [7, 11) is -3.14. The Labute approximate surface area is 130 Å². The number of nitrogens with one attached hydrogen (secondary N) is 1. The minimum Gasteiger partial charge on any atom is -0.393 e. The van der Waals surface area contributed by atoms with Crippen LogP contribution in [0.5, 0.6) is 0 Å². The van der Waals surface area contributed by atoms with E-state index in [-0.39, 0.29) is 36.1 Å². The standard InChI is InChI=1S/C15H22N2O4S/c1-22(20,21)7-4-15(19)17-14(12-9-13(18)10-12)8-11-2-5-16-6-3-11/h2-3,5-6,12-14,18H,4,7-10H2,1H3,(H,17,19). The third kappa shape index (κ3) is 5.38. The van der Waals surface area contributed by atoms with E-state index in [2.05, 4.69) is 10.3 Å². The number of hydrogen-bond acceptors (Lipinski definition) is 5. The van der Waals surface area contributed by atoms with Gasteiger partial charge in [-0.3, -0.25) is 9.78 Å². The van der Waals surface area contributed by atoms with Crippen molar-refractivity contribution in [1.82, 2.24) is 10.3 Å². The molecule has 1 aliphatic carbocycles. The van der Waals surface area contributed by atoms with E-state index in [4.69, 9.17) is 0 Å². The number of carbonyl (C=O) groups excluding carboxylic acids is 1. The Morgan fingerprint density at radius 3 is 2.59 bits per heavy atom. The van der Waals surface area contributed by atoms with Gasteiger partial charge in [-0.25, -0.2) is 8.42 Å². The molecular weight excluding hydrogens is 304 g/mol. The van der Waals surface area contributed by atoms with Crippen molar-refractivity contribution in [3.8, 4) is 0 Å². The SMILES string of the molecule is CS(=O)(=O)CCC(=O)NC(Cc1ccncc1)C1CC(O)C1. The summed E-state index contributed by atoms with van der Waals surface area (Å²) in [6.07, 6.45) is 6.20. The molecule has 0 bridgehead atoms. The predicted octanol–water partition coefficient (Wildman–Crippen LogP) is 0.315. The quantitative estimate of drug-likeness (QED) is 0.752. The maximum Gasteiger partial charge on any atom is 0.221 e.